The summed E-state index contributed by atoms with van der Waals surface area (Å²) in [7, 11) is 0. The first-order chi connectivity index (χ1) is 10.9. The molecule has 2 heterocycles. The van der Waals surface area contributed by atoms with Crippen molar-refractivity contribution in [2.45, 2.75) is 75.7 Å². The SMILES string of the molecule is CC(C)(C)[S@+]([O-])N[C@H](Cc1ccccc1)[C@@H]1C[C@H]2CC[C@@H](C1)N2. The second-order valence-electron chi connectivity index (χ2n) is 8.16. The zero-order valence-electron chi connectivity index (χ0n) is 14.5. The van der Waals surface area contributed by atoms with Gasteiger partial charge in [0.2, 0.25) is 0 Å². The molecule has 2 aliphatic heterocycles. The van der Waals surface area contributed by atoms with Crippen LogP contribution >= 0.6 is 0 Å². The van der Waals surface area contributed by atoms with Crippen LogP contribution in [0.2, 0.25) is 0 Å². The van der Waals surface area contributed by atoms with Gasteiger partial charge in [0.25, 0.3) is 0 Å². The highest BCUT2D eigenvalue weighted by atomic mass is 32.2. The first-order valence-electron chi connectivity index (χ1n) is 8.90. The lowest BCUT2D eigenvalue weighted by Crippen LogP contribution is -2.52. The van der Waals surface area contributed by atoms with Crippen molar-refractivity contribution < 1.29 is 4.55 Å². The van der Waals surface area contributed by atoms with Gasteiger partial charge in [-0.1, -0.05) is 30.3 Å². The Morgan fingerprint density at radius 1 is 1.17 bits per heavy atom. The van der Waals surface area contributed by atoms with E-state index in [9.17, 15) is 4.55 Å². The molecule has 1 aromatic rings. The lowest BCUT2D eigenvalue weighted by atomic mass is 9.84. The number of benzene rings is 1. The molecule has 3 nitrogen and oxygen atoms in total. The van der Waals surface area contributed by atoms with E-state index in [0.717, 1.165) is 6.42 Å². The Kier molecular flexibility index (Phi) is 5.36. The molecule has 0 saturated carbocycles. The lowest BCUT2D eigenvalue weighted by molar-refractivity contribution is 0.248. The Labute approximate surface area is 143 Å². The molecule has 0 amide bonds. The second kappa shape index (κ2) is 7.14. The molecule has 2 aliphatic rings. The average Bonchev–Trinajstić information content (AvgIpc) is 2.85. The van der Waals surface area contributed by atoms with Gasteiger partial charge in [-0.05, 0) is 64.4 Å². The third-order valence-corrected chi connectivity index (χ3v) is 6.82. The number of piperidine rings is 1. The molecule has 1 aromatic carbocycles. The molecule has 2 bridgehead atoms. The van der Waals surface area contributed by atoms with Crippen LogP contribution in [0.5, 0.6) is 0 Å². The number of nitrogens with one attached hydrogen (secondary N) is 2. The predicted molar refractivity (Wildman–Crippen MR) is 97.6 cm³/mol. The minimum absolute atomic E-state index is 0.221. The van der Waals surface area contributed by atoms with Gasteiger partial charge in [-0.2, -0.15) is 0 Å². The van der Waals surface area contributed by atoms with Crippen LogP contribution in [0.3, 0.4) is 0 Å². The zero-order valence-corrected chi connectivity index (χ0v) is 15.4. The normalized spacial score (nSPS) is 30.2. The number of hydrogen-bond donors (Lipinski definition) is 2. The smallest absolute Gasteiger partial charge is 0.136 e. The maximum Gasteiger partial charge on any atom is 0.136 e. The summed E-state index contributed by atoms with van der Waals surface area (Å²) in [6.07, 6.45) is 6.00. The van der Waals surface area contributed by atoms with Gasteiger partial charge in [0.05, 0.1) is 6.04 Å². The van der Waals surface area contributed by atoms with Crippen LogP contribution in [0.4, 0.5) is 0 Å². The fourth-order valence-corrected chi connectivity index (χ4v) is 4.82. The third kappa shape index (κ3) is 4.50. The van der Waals surface area contributed by atoms with Gasteiger partial charge in [-0.25, -0.2) is 0 Å². The molecule has 0 aliphatic carbocycles. The van der Waals surface area contributed by atoms with E-state index in [-0.39, 0.29) is 4.75 Å². The fraction of sp³-hybridized carbons (Fsp3) is 0.684. The summed E-state index contributed by atoms with van der Waals surface area (Å²) in [5.74, 6) is 0.611. The molecule has 0 radical (unpaired) electrons. The number of rotatable bonds is 5. The van der Waals surface area contributed by atoms with Gasteiger partial charge >= 0.3 is 0 Å². The lowest BCUT2D eigenvalue weighted by Gasteiger charge is -2.37. The Morgan fingerprint density at radius 2 is 1.78 bits per heavy atom. The molecule has 2 N–H and O–H groups in total. The quantitative estimate of drug-likeness (QED) is 0.813. The highest BCUT2D eigenvalue weighted by Crippen LogP contribution is 2.34. The minimum atomic E-state index is -1.02. The molecule has 0 unspecified atom stereocenters. The highest BCUT2D eigenvalue weighted by Gasteiger charge is 2.39. The molecule has 4 heteroatoms. The summed E-state index contributed by atoms with van der Waals surface area (Å²) in [5, 5.41) is 3.72. The summed E-state index contributed by atoms with van der Waals surface area (Å²) in [6, 6.07) is 12.3. The molecule has 2 saturated heterocycles. The van der Waals surface area contributed by atoms with Gasteiger partial charge < -0.3 is 9.87 Å². The van der Waals surface area contributed by atoms with Crippen molar-refractivity contribution in [1.29, 1.82) is 0 Å². The van der Waals surface area contributed by atoms with Crippen molar-refractivity contribution in [3.05, 3.63) is 35.9 Å². The molecule has 3 rings (SSSR count). The van der Waals surface area contributed by atoms with E-state index in [4.69, 9.17) is 0 Å². The Hall–Kier alpha value is -0.550. The van der Waals surface area contributed by atoms with Gasteiger partial charge in [0.15, 0.2) is 0 Å². The standard InChI is InChI=1S/C19H30N2OS/c1-19(2,3)23(22)21-18(11-14-7-5-4-6-8-14)15-12-16-9-10-17(13-15)20-16/h4-8,15-18,20-21H,9-13H2,1-3H3/t15-,16-,17+,18-,23+/m1/s1. The molecule has 23 heavy (non-hydrogen) atoms. The summed E-state index contributed by atoms with van der Waals surface area (Å²) < 4.78 is 15.9. The van der Waals surface area contributed by atoms with Crippen LogP contribution < -0.4 is 10.0 Å². The van der Waals surface area contributed by atoms with E-state index < -0.39 is 11.4 Å². The number of hydrogen-bond acceptors (Lipinski definition) is 3. The molecular weight excluding hydrogens is 304 g/mol. The van der Waals surface area contributed by atoms with Gasteiger partial charge in [0.1, 0.15) is 4.75 Å². The predicted octanol–water partition coefficient (Wildman–Crippen LogP) is 3.18. The maximum atomic E-state index is 12.7. The van der Waals surface area contributed by atoms with Crippen molar-refractivity contribution in [2.24, 2.45) is 5.92 Å². The van der Waals surface area contributed by atoms with Crippen molar-refractivity contribution in [3.8, 4) is 0 Å². The fourth-order valence-electron chi connectivity index (χ4n) is 3.92. The monoisotopic (exact) mass is 334 g/mol. The van der Waals surface area contributed by atoms with Crippen molar-refractivity contribution in [3.63, 3.8) is 0 Å². The Morgan fingerprint density at radius 3 is 2.35 bits per heavy atom. The summed E-state index contributed by atoms with van der Waals surface area (Å²) >= 11 is -1.02. The van der Waals surface area contributed by atoms with Gasteiger partial charge in [-0.3, -0.25) is 0 Å². The van der Waals surface area contributed by atoms with Crippen LogP contribution in [0, 0.1) is 5.92 Å². The van der Waals surface area contributed by atoms with E-state index in [1.54, 1.807) is 0 Å². The van der Waals surface area contributed by atoms with Crippen molar-refractivity contribution >= 4 is 11.4 Å². The van der Waals surface area contributed by atoms with E-state index in [0.29, 0.717) is 24.0 Å². The van der Waals surface area contributed by atoms with E-state index in [1.165, 1.54) is 31.2 Å². The maximum absolute atomic E-state index is 12.7. The van der Waals surface area contributed by atoms with Crippen molar-refractivity contribution in [1.82, 2.24) is 10.0 Å². The Bertz CT molecular complexity index is 490. The van der Waals surface area contributed by atoms with E-state index in [1.807, 2.05) is 20.8 Å². The van der Waals surface area contributed by atoms with Gasteiger partial charge in [-0.15, -0.1) is 4.72 Å². The van der Waals surface area contributed by atoms with E-state index in [2.05, 4.69) is 40.4 Å². The average molecular weight is 335 g/mol. The molecular formula is C19H30N2OS. The summed E-state index contributed by atoms with van der Waals surface area (Å²) in [5.41, 5.74) is 1.33. The minimum Gasteiger partial charge on any atom is -0.598 e. The molecule has 2 fully saturated rings. The molecule has 5 atom stereocenters. The van der Waals surface area contributed by atoms with Crippen LogP contribution in [-0.2, 0) is 17.8 Å². The van der Waals surface area contributed by atoms with Crippen molar-refractivity contribution in [2.75, 3.05) is 0 Å². The highest BCUT2D eigenvalue weighted by molar-refractivity contribution is 7.90. The molecule has 0 aromatic heterocycles. The zero-order chi connectivity index (χ0) is 16.4. The molecule has 0 spiro atoms. The molecule has 128 valence electrons. The van der Waals surface area contributed by atoms with E-state index >= 15 is 0 Å². The van der Waals surface area contributed by atoms with Gasteiger partial charge in [0, 0.05) is 23.4 Å². The first-order valence-corrected chi connectivity index (χ1v) is 10.0. The first kappa shape index (κ1) is 17.3. The topological polar surface area (TPSA) is 47.1 Å². The van der Waals surface area contributed by atoms with Crippen LogP contribution in [-0.4, -0.2) is 27.4 Å². The van der Waals surface area contributed by atoms with Crippen LogP contribution in [0.1, 0.15) is 52.0 Å². The number of fused-ring (bicyclic) bond motifs is 2. The largest absolute Gasteiger partial charge is 0.598 e. The third-order valence-electron chi connectivity index (χ3n) is 5.19. The summed E-state index contributed by atoms with van der Waals surface area (Å²) in [4.78, 5) is 0. The second-order valence-corrected chi connectivity index (χ2v) is 10.2. The van der Waals surface area contributed by atoms with Crippen LogP contribution in [0.15, 0.2) is 30.3 Å². The Balaban J connectivity index is 1.73. The summed E-state index contributed by atoms with van der Waals surface area (Å²) in [6.45, 7) is 6.13. The van der Waals surface area contributed by atoms with Crippen LogP contribution in [0.25, 0.3) is 0 Å².